The fourth-order valence-corrected chi connectivity index (χ4v) is 4.27. The summed E-state index contributed by atoms with van der Waals surface area (Å²) >= 11 is 0. The minimum Gasteiger partial charge on any atom is -0.465 e. The van der Waals surface area contributed by atoms with Gasteiger partial charge in [-0.05, 0) is 31.5 Å². The number of benzene rings is 2. The molecule has 0 saturated carbocycles. The summed E-state index contributed by atoms with van der Waals surface area (Å²) in [7, 11) is 0. The zero-order valence-corrected chi connectivity index (χ0v) is 17.8. The molecule has 162 valence electrons. The maximum Gasteiger partial charge on any atom is 0.321 e. The van der Waals surface area contributed by atoms with Gasteiger partial charge in [0.15, 0.2) is 5.92 Å². The predicted molar refractivity (Wildman–Crippen MR) is 116 cm³/mol. The van der Waals surface area contributed by atoms with Gasteiger partial charge in [0.05, 0.1) is 23.7 Å². The molecule has 4 rings (SSSR count). The number of anilines is 1. The van der Waals surface area contributed by atoms with Crippen molar-refractivity contribution in [3.63, 3.8) is 0 Å². The fourth-order valence-electron chi connectivity index (χ4n) is 4.27. The van der Waals surface area contributed by atoms with Crippen LogP contribution in [0.15, 0.2) is 48.5 Å². The van der Waals surface area contributed by atoms with Crippen molar-refractivity contribution in [1.82, 2.24) is 9.55 Å². The highest BCUT2D eigenvalue weighted by Gasteiger charge is 2.48. The number of carbonyl (C=O) groups is 2. The first-order chi connectivity index (χ1) is 15.1. The second-order valence-corrected chi connectivity index (χ2v) is 7.66. The Bertz CT molecular complexity index is 1110. The molecule has 1 amide bonds. The molecule has 7 heteroatoms. The van der Waals surface area contributed by atoms with Gasteiger partial charge in [-0.1, -0.05) is 50.1 Å². The summed E-state index contributed by atoms with van der Waals surface area (Å²) in [6.07, 6.45) is 2.73. The minimum absolute atomic E-state index is 0.139. The predicted octanol–water partition coefficient (Wildman–Crippen LogP) is 4.48. The molecule has 1 aliphatic heterocycles. The maximum atomic E-state index is 15.0. The SMILES string of the molecule is CCCCCN1C(=O)[C@@H](C(=O)OCC)[C@@H](c2ccccc2F)n2c1nc1ccccc12. The van der Waals surface area contributed by atoms with Crippen molar-refractivity contribution in [1.29, 1.82) is 0 Å². The van der Waals surface area contributed by atoms with Gasteiger partial charge in [0, 0.05) is 12.1 Å². The van der Waals surface area contributed by atoms with Crippen molar-refractivity contribution in [2.45, 2.75) is 39.2 Å². The van der Waals surface area contributed by atoms with Gasteiger partial charge in [-0.2, -0.15) is 0 Å². The summed E-state index contributed by atoms with van der Waals surface area (Å²) in [5.74, 6) is -2.27. The van der Waals surface area contributed by atoms with Crippen molar-refractivity contribution < 1.29 is 18.7 Å². The van der Waals surface area contributed by atoms with Crippen molar-refractivity contribution in [3.8, 4) is 0 Å². The van der Waals surface area contributed by atoms with Crippen LogP contribution in [-0.2, 0) is 14.3 Å². The van der Waals surface area contributed by atoms with Crippen LogP contribution in [-0.4, -0.2) is 34.6 Å². The first kappa shape index (κ1) is 21.0. The zero-order valence-electron chi connectivity index (χ0n) is 17.8. The summed E-state index contributed by atoms with van der Waals surface area (Å²) in [5.41, 5.74) is 1.70. The number of rotatable bonds is 7. The Morgan fingerprint density at radius 2 is 1.84 bits per heavy atom. The molecule has 2 heterocycles. The van der Waals surface area contributed by atoms with E-state index in [9.17, 15) is 14.0 Å². The Morgan fingerprint density at radius 1 is 1.10 bits per heavy atom. The van der Waals surface area contributed by atoms with E-state index in [2.05, 4.69) is 6.92 Å². The number of amides is 1. The fraction of sp³-hybridized carbons (Fsp3) is 0.375. The van der Waals surface area contributed by atoms with E-state index in [1.807, 2.05) is 28.8 Å². The lowest BCUT2D eigenvalue weighted by Gasteiger charge is -2.38. The molecule has 0 spiro atoms. The van der Waals surface area contributed by atoms with Crippen LogP contribution < -0.4 is 4.90 Å². The first-order valence-electron chi connectivity index (χ1n) is 10.8. The topological polar surface area (TPSA) is 64.4 Å². The van der Waals surface area contributed by atoms with Crippen molar-refractivity contribution in [3.05, 3.63) is 59.9 Å². The number of esters is 1. The quantitative estimate of drug-likeness (QED) is 0.319. The number of fused-ring (bicyclic) bond motifs is 3. The molecule has 0 saturated heterocycles. The van der Waals surface area contributed by atoms with Crippen LogP contribution in [0.1, 0.15) is 44.7 Å². The largest absolute Gasteiger partial charge is 0.465 e. The first-order valence-corrected chi connectivity index (χ1v) is 10.8. The van der Waals surface area contributed by atoms with Crippen LogP contribution in [0, 0.1) is 11.7 Å². The zero-order chi connectivity index (χ0) is 22.0. The lowest BCUT2D eigenvalue weighted by molar-refractivity contribution is -0.153. The smallest absolute Gasteiger partial charge is 0.321 e. The third kappa shape index (κ3) is 3.69. The lowest BCUT2D eigenvalue weighted by atomic mass is 9.89. The average molecular weight is 423 g/mol. The Kier molecular flexibility index (Phi) is 6.02. The van der Waals surface area contributed by atoms with E-state index in [-0.39, 0.29) is 12.2 Å². The highest BCUT2D eigenvalue weighted by atomic mass is 19.1. The molecular formula is C24H26FN3O3. The Hall–Kier alpha value is -3.22. The number of ether oxygens (including phenoxy) is 1. The number of carbonyl (C=O) groups excluding carboxylic acids is 2. The van der Waals surface area contributed by atoms with Crippen molar-refractivity contribution in [2.24, 2.45) is 5.92 Å². The second kappa shape index (κ2) is 8.88. The average Bonchev–Trinajstić information content (AvgIpc) is 3.14. The highest BCUT2D eigenvalue weighted by Crippen LogP contribution is 2.42. The molecule has 2 aromatic carbocycles. The van der Waals surface area contributed by atoms with Crippen LogP contribution in [0.5, 0.6) is 0 Å². The Morgan fingerprint density at radius 3 is 2.58 bits per heavy atom. The molecule has 1 aliphatic rings. The van der Waals surface area contributed by atoms with Gasteiger partial charge >= 0.3 is 5.97 Å². The third-order valence-electron chi connectivity index (χ3n) is 5.69. The summed E-state index contributed by atoms with van der Waals surface area (Å²) in [4.78, 5) is 32.9. The molecule has 6 nitrogen and oxygen atoms in total. The summed E-state index contributed by atoms with van der Waals surface area (Å²) < 4.78 is 22.1. The number of unbranched alkanes of at least 4 members (excludes halogenated alkanes) is 2. The monoisotopic (exact) mass is 423 g/mol. The van der Waals surface area contributed by atoms with E-state index in [1.54, 1.807) is 30.0 Å². The molecule has 1 aromatic heterocycles. The van der Waals surface area contributed by atoms with E-state index in [4.69, 9.17) is 9.72 Å². The molecule has 0 radical (unpaired) electrons. The molecule has 31 heavy (non-hydrogen) atoms. The third-order valence-corrected chi connectivity index (χ3v) is 5.69. The standard InChI is InChI=1S/C24H26FN3O3/c1-3-5-10-15-27-22(29)20(23(30)31-4-2)21(16-11-6-7-12-17(16)25)28-19-14-9-8-13-18(19)26-24(27)28/h6-9,11-14,20-21H,3-5,10,15H2,1-2H3/t20-,21+/m0/s1. The molecule has 0 aliphatic carbocycles. The van der Waals surface area contributed by atoms with E-state index in [0.29, 0.717) is 18.0 Å². The van der Waals surface area contributed by atoms with E-state index >= 15 is 0 Å². The number of halogens is 1. The number of hydrogen-bond donors (Lipinski definition) is 0. The highest BCUT2D eigenvalue weighted by molar-refractivity contribution is 6.08. The van der Waals surface area contributed by atoms with Gasteiger partial charge in [0.25, 0.3) is 0 Å². The molecule has 0 N–H and O–H groups in total. The normalized spacial score (nSPS) is 18.3. The molecule has 3 aromatic rings. The van der Waals surface area contributed by atoms with Crippen LogP contribution >= 0.6 is 0 Å². The summed E-state index contributed by atoms with van der Waals surface area (Å²) in [6, 6.07) is 12.8. The molecule has 0 unspecified atom stereocenters. The van der Waals surface area contributed by atoms with Gasteiger partial charge in [0.1, 0.15) is 5.82 Å². The van der Waals surface area contributed by atoms with E-state index in [0.717, 1.165) is 24.8 Å². The van der Waals surface area contributed by atoms with Crippen molar-refractivity contribution in [2.75, 3.05) is 18.1 Å². The van der Waals surface area contributed by atoms with Crippen molar-refractivity contribution >= 4 is 28.9 Å². The number of imidazole rings is 1. The number of aromatic nitrogens is 2. The Labute approximate surface area is 180 Å². The van der Waals surface area contributed by atoms with Gasteiger partial charge < -0.3 is 9.30 Å². The van der Waals surface area contributed by atoms with Gasteiger partial charge in [0.2, 0.25) is 11.9 Å². The molecule has 0 bridgehead atoms. The summed E-state index contributed by atoms with van der Waals surface area (Å²) in [6.45, 7) is 4.36. The molecule has 2 atom stereocenters. The lowest BCUT2D eigenvalue weighted by Crippen LogP contribution is -2.50. The van der Waals surface area contributed by atoms with Crippen LogP contribution in [0.25, 0.3) is 11.0 Å². The minimum atomic E-state index is -1.19. The number of nitrogens with zero attached hydrogens (tertiary/aromatic N) is 3. The maximum absolute atomic E-state index is 15.0. The van der Waals surface area contributed by atoms with Gasteiger partial charge in [-0.3, -0.25) is 14.5 Å². The van der Waals surface area contributed by atoms with E-state index in [1.165, 1.54) is 6.07 Å². The van der Waals surface area contributed by atoms with Crippen LogP contribution in [0.3, 0.4) is 0 Å². The van der Waals surface area contributed by atoms with Crippen LogP contribution in [0.4, 0.5) is 10.3 Å². The molecular weight excluding hydrogens is 397 g/mol. The Balaban J connectivity index is 1.96. The number of hydrogen-bond acceptors (Lipinski definition) is 4. The van der Waals surface area contributed by atoms with Gasteiger partial charge in [-0.15, -0.1) is 0 Å². The summed E-state index contributed by atoms with van der Waals surface area (Å²) in [5, 5.41) is 0. The van der Waals surface area contributed by atoms with E-state index < -0.39 is 29.7 Å². The van der Waals surface area contributed by atoms with Crippen LogP contribution in [0.2, 0.25) is 0 Å². The second-order valence-electron chi connectivity index (χ2n) is 7.66. The van der Waals surface area contributed by atoms with Gasteiger partial charge in [-0.25, -0.2) is 9.37 Å². The molecule has 0 fully saturated rings. The number of para-hydroxylation sites is 2.